The summed E-state index contributed by atoms with van der Waals surface area (Å²) in [5.74, 6) is 0.507. The van der Waals surface area contributed by atoms with Gasteiger partial charge in [0.25, 0.3) is 0 Å². The Labute approximate surface area is 130 Å². The van der Waals surface area contributed by atoms with Gasteiger partial charge in [0.05, 0.1) is 6.61 Å². The zero-order valence-electron chi connectivity index (χ0n) is 12.2. The first kappa shape index (κ1) is 15.6. The number of rotatable bonds is 4. The molecule has 1 fully saturated rings. The highest BCUT2D eigenvalue weighted by Crippen LogP contribution is 2.20. The fourth-order valence-corrected chi connectivity index (χ4v) is 2.80. The maximum atomic E-state index is 11.5. The van der Waals surface area contributed by atoms with E-state index < -0.39 is 0 Å². The molecule has 1 saturated heterocycles. The summed E-state index contributed by atoms with van der Waals surface area (Å²) in [6.07, 6.45) is 2.80. The Kier molecular flexibility index (Phi) is 5.38. The lowest BCUT2D eigenvalue weighted by molar-refractivity contribution is -0.122. The van der Waals surface area contributed by atoms with E-state index in [1.165, 1.54) is 0 Å². The van der Waals surface area contributed by atoms with Crippen molar-refractivity contribution in [3.05, 3.63) is 24.3 Å². The number of anilines is 1. The Morgan fingerprint density at radius 2 is 2.14 bits per heavy atom. The topological polar surface area (TPSA) is 67.6 Å². The summed E-state index contributed by atoms with van der Waals surface area (Å²) in [7, 11) is 0. The number of nitrogens with one attached hydrogen (secondary N) is 1. The average molecular weight is 307 g/mol. The van der Waals surface area contributed by atoms with Crippen LogP contribution >= 0.6 is 12.2 Å². The number of nitrogens with zero attached hydrogens (tertiary/aromatic N) is 1. The third-order valence-electron chi connectivity index (χ3n) is 3.51. The molecular formula is C15H21N3O2S. The van der Waals surface area contributed by atoms with Gasteiger partial charge in [-0.2, -0.15) is 0 Å². The summed E-state index contributed by atoms with van der Waals surface area (Å²) in [5, 5.41) is 3.70. The number of amides is 1. The van der Waals surface area contributed by atoms with Crippen LogP contribution in [0.5, 0.6) is 5.75 Å². The molecule has 0 radical (unpaired) electrons. The number of primary amides is 1. The minimum Gasteiger partial charge on any atom is -0.494 e. The monoisotopic (exact) mass is 307 g/mol. The normalized spacial score (nSPS) is 18.1. The second-order valence-corrected chi connectivity index (χ2v) is 5.38. The van der Waals surface area contributed by atoms with Crippen LogP contribution in [0.4, 0.5) is 5.69 Å². The van der Waals surface area contributed by atoms with Crippen molar-refractivity contribution in [1.82, 2.24) is 4.90 Å². The first-order valence-electron chi connectivity index (χ1n) is 7.21. The summed E-state index contributed by atoms with van der Waals surface area (Å²) >= 11 is 5.41. The summed E-state index contributed by atoms with van der Waals surface area (Å²) in [5.41, 5.74) is 6.33. The van der Waals surface area contributed by atoms with E-state index in [0.717, 1.165) is 37.2 Å². The second-order valence-electron chi connectivity index (χ2n) is 4.99. The molecule has 5 nitrogen and oxygen atoms in total. The molecule has 0 aliphatic carbocycles. The molecule has 0 aromatic heterocycles. The van der Waals surface area contributed by atoms with Gasteiger partial charge in [0, 0.05) is 12.2 Å². The van der Waals surface area contributed by atoms with E-state index in [1.54, 1.807) is 0 Å². The number of likely N-dealkylation sites (tertiary alicyclic amines) is 1. The van der Waals surface area contributed by atoms with Crippen LogP contribution in [0.2, 0.25) is 0 Å². The number of ether oxygens (including phenoxy) is 1. The van der Waals surface area contributed by atoms with Gasteiger partial charge in [-0.3, -0.25) is 4.79 Å². The van der Waals surface area contributed by atoms with Gasteiger partial charge in [-0.25, -0.2) is 0 Å². The van der Waals surface area contributed by atoms with Crippen molar-refractivity contribution in [3.63, 3.8) is 0 Å². The third kappa shape index (κ3) is 4.07. The van der Waals surface area contributed by atoms with Crippen LogP contribution in [-0.2, 0) is 4.79 Å². The molecule has 3 N–H and O–H groups in total. The Balaban J connectivity index is 2.00. The zero-order valence-corrected chi connectivity index (χ0v) is 13.0. The average Bonchev–Trinajstić information content (AvgIpc) is 2.49. The summed E-state index contributed by atoms with van der Waals surface area (Å²) in [4.78, 5) is 13.4. The maximum Gasteiger partial charge on any atom is 0.240 e. The van der Waals surface area contributed by atoms with E-state index >= 15 is 0 Å². The zero-order chi connectivity index (χ0) is 15.2. The molecule has 1 amide bonds. The van der Waals surface area contributed by atoms with Crippen LogP contribution < -0.4 is 15.8 Å². The van der Waals surface area contributed by atoms with Gasteiger partial charge in [-0.1, -0.05) is 0 Å². The lowest BCUT2D eigenvalue weighted by atomic mass is 10.0. The lowest BCUT2D eigenvalue weighted by Crippen LogP contribution is -2.51. The van der Waals surface area contributed by atoms with E-state index in [-0.39, 0.29) is 11.9 Å². The highest BCUT2D eigenvalue weighted by Gasteiger charge is 2.28. The molecule has 6 heteroatoms. The lowest BCUT2D eigenvalue weighted by Gasteiger charge is -2.35. The van der Waals surface area contributed by atoms with E-state index in [0.29, 0.717) is 11.7 Å². The number of piperidine rings is 1. The molecule has 1 aromatic carbocycles. The van der Waals surface area contributed by atoms with Crippen molar-refractivity contribution in [1.29, 1.82) is 0 Å². The quantitative estimate of drug-likeness (QED) is 0.834. The van der Waals surface area contributed by atoms with Crippen LogP contribution in [0.15, 0.2) is 24.3 Å². The molecule has 1 aromatic rings. The summed E-state index contributed by atoms with van der Waals surface area (Å²) < 4.78 is 5.40. The van der Waals surface area contributed by atoms with Crippen molar-refractivity contribution in [2.24, 2.45) is 5.73 Å². The standard InChI is InChI=1S/C15H21N3O2S/c1-2-20-12-8-6-11(7-9-12)17-15(21)18-10-4-3-5-13(18)14(16)19/h6-9,13H,2-5,10H2,1H3,(H2,16,19)(H,17,21)/t13-/m1/s1. The smallest absolute Gasteiger partial charge is 0.240 e. The van der Waals surface area contributed by atoms with Gasteiger partial charge in [-0.15, -0.1) is 0 Å². The fourth-order valence-electron chi connectivity index (χ4n) is 2.47. The van der Waals surface area contributed by atoms with Gasteiger partial charge in [-0.05, 0) is 62.7 Å². The number of benzene rings is 1. The third-order valence-corrected chi connectivity index (χ3v) is 3.85. The fraction of sp³-hybridized carbons (Fsp3) is 0.467. The van der Waals surface area contributed by atoms with Gasteiger partial charge in [0.1, 0.15) is 11.8 Å². The maximum absolute atomic E-state index is 11.5. The number of thiocarbonyl (C=S) groups is 1. The predicted octanol–water partition coefficient (Wildman–Crippen LogP) is 2.12. The molecule has 0 bridgehead atoms. The molecule has 1 atom stereocenters. The van der Waals surface area contributed by atoms with Crippen molar-refractivity contribution in [2.45, 2.75) is 32.2 Å². The molecular weight excluding hydrogens is 286 g/mol. The first-order chi connectivity index (χ1) is 10.1. The Bertz CT molecular complexity index is 504. The number of carbonyl (C=O) groups is 1. The molecule has 114 valence electrons. The van der Waals surface area contributed by atoms with Gasteiger partial charge in [0.15, 0.2) is 5.11 Å². The van der Waals surface area contributed by atoms with Crippen LogP contribution in [0.1, 0.15) is 26.2 Å². The minimum absolute atomic E-state index is 0.304. The van der Waals surface area contributed by atoms with Crippen molar-refractivity contribution in [3.8, 4) is 5.75 Å². The molecule has 0 saturated carbocycles. The highest BCUT2D eigenvalue weighted by molar-refractivity contribution is 7.80. The van der Waals surface area contributed by atoms with Crippen LogP contribution in [0.3, 0.4) is 0 Å². The number of nitrogens with two attached hydrogens (primary N) is 1. The van der Waals surface area contributed by atoms with E-state index in [2.05, 4.69) is 5.32 Å². The number of hydrogen-bond acceptors (Lipinski definition) is 3. The van der Waals surface area contributed by atoms with E-state index in [4.69, 9.17) is 22.7 Å². The molecule has 1 heterocycles. The van der Waals surface area contributed by atoms with Crippen molar-refractivity contribution >= 4 is 28.9 Å². The first-order valence-corrected chi connectivity index (χ1v) is 7.62. The predicted molar refractivity (Wildman–Crippen MR) is 87.4 cm³/mol. The van der Waals surface area contributed by atoms with Crippen LogP contribution in [-0.4, -0.2) is 35.1 Å². The van der Waals surface area contributed by atoms with Gasteiger partial charge in [0.2, 0.25) is 5.91 Å². The molecule has 1 aliphatic heterocycles. The Hall–Kier alpha value is -1.82. The molecule has 0 spiro atoms. The minimum atomic E-state index is -0.314. The van der Waals surface area contributed by atoms with Crippen molar-refractivity contribution in [2.75, 3.05) is 18.5 Å². The SMILES string of the molecule is CCOc1ccc(NC(=S)N2CCCC[C@@H]2C(N)=O)cc1. The van der Waals surface area contributed by atoms with E-state index in [1.807, 2.05) is 36.1 Å². The van der Waals surface area contributed by atoms with Gasteiger partial charge >= 0.3 is 0 Å². The van der Waals surface area contributed by atoms with Crippen molar-refractivity contribution < 1.29 is 9.53 Å². The molecule has 1 aliphatic rings. The molecule has 21 heavy (non-hydrogen) atoms. The number of carbonyl (C=O) groups excluding carboxylic acids is 1. The Morgan fingerprint density at radius 1 is 1.43 bits per heavy atom. The molecule has 0 unspecified atom stereocenters. The van der Waals surface area contributed by atoms with Crippen LogP contribution in [0.25, 0.3) is 0 Å². The molecule has 2 rings (SSSR count). The Morgan fingerprint density at radius 3 is 2.76 bits per heavy atom. The summed E-state index contributed by atoms with van der Waals surface area (Å²) in [6.45, 7) is 3.34. The number of hydrogen-bond donors (Lipinski definition) is 2. The largest absolute Gasteiger partial charge is 0.494 e. The highest BCUT2D eigenvalue weighted by atomic mass is 32.1. The van der Waals surface area contributed by atoms with Gasteiger partial charge < -0.3 is 20.7 Å². The van der Waals surface area contributed by atoms with E-state index in [9.17, 15) is 4.79 Å². The van der Waals surface area contributed by atoms with Crippen LogP contribution in [0, 0.1) is 0 Å². The summed E-state index contributed by atoms with van der Waals surface area (Å²) in [6, 6.07) is 7.27. The second kappa shape index (κ2) is 7.26.